The van der Waals surface area contributed by atoms with E-state index in [2.05, 4.69) is 15.0 Å². The van der Waals surface area contributed by atoms with Crippen molar-refractivity contribution in [2.24, 2.45) is 0 Å². The molecule has 0 amide bonds. The standard InChI is InChI=1S/C16H15N3O2S/c1-22(20,21)19-14-9-7-13(8-10-14)18-15-6-2-4-12-5-3-11-17-16(12)15/h2-11,18-19H,1H3. The SMILES string of the molecule is CS(=O)(=O)Nc1ccc(Nc2cccc3cccnc23)cc1. The van der Waals surface area contributed by atoms with E-state index in [4.69, 9.17) is 0 Å². The predicted octanol–water partition coefficient (Wildman–Crippen LogP) is 3.35. The summed E-state index contributed by atoms with van der Waals surface area (Å²) < 4.78 is 24.8. The third kappa shape index (κ3) is 3.35. The average molecular weight is 313 g/mol. The first kappa shape index (κ1) is 14.3. The number of nitrogens with one attached hydrogen (secondary N) is 2. The summed E-state index contributed by atoms with van der Waals surface area (Å²) in [5, 5.41) is 4.36. The second-order valence-corrected chi connectivity index (χ2v) is 6.71. The molecule has 0 aliphatic carbocycles. The summed E-state index contributed by atoms with van der Waals surface area (Å²) in [4.78, 5) is 4.39. The van der Waals surface area contributed by atoms with E-state index in [1.807, 2.05) is 42.5 Å². The molecule has 0 spiro atoms. The fourth-order valence-electron chi connectivity index (χ4n) is 2.20. The molecule has 0 saturated carbocycles. The number of nitrogens with zero attached hydrogens (tertiary/aromatic N) is 1. The maximum atomic E-state index is 11.2. The van der Waals surface area contributed by atoms with E-state index in [-0.39, 0.29) is 0 Å². The number of anilines is 3. The molecular formula is C16H15N3O2S. The molecular weight excluding hydrogens is 298 g/mol. The van der Waals surface area contributed by atoms with Gasteiger partial charge in [-0.15, -0.1) is 0 Å². The Balaban J connectivity index is 1.86. The Labute approximate surface area is 129 Å². The Morgan fingerprint density at radius 3 is 2.32 bits per heavy atom. The van der Waals surface area contributed by atoms with Gasteiger partial charge in [-0.25, -0.2) is 8.42 Å². The number of hydrogen-bond donors (Lipinski definition) is 2. The van der Waals surface area contributed by atoms with Crippen molar-refractivity contribution in [2.75, 3.05) is 16.3 Å². The quantitative estimate of drug-likeness (QED) is 0.775. The lowest BCUT2D eigenvalue weighted by Gasteiger charge is -2.10. The van der Waals surface area contributed by atoms with Crippen LogP contribution in [0.1, 0.15) is 0 Å². The predicted molar refractivity (Wildman–Crippen MR) is 89.9 cm³/mol. The number of fused-ring (bicyclic) bond motifs is 1. The van der Waals surface area contributed by atoms with Gasteiger partial charge in [0, 0.05) is 23.0 Å². The molecule has 0 fully saturated rings. The van der Waals surface area contributed by atoms with Gasteiger partial charge >= 0.3 is 0 Å². The Bertz CT molecular complexity index is 901. The third-order valence-corrected chi connectivity index (χ3v) is 3.71. The topological polar surface area (TPSA) is 71.1 Å². The van der Waals surface area contributed by atoms with Gasteiger partial charge in [0.05, 0.1) is 17.5 Å². The Kier molecular flexibility index (Phi) is 3.68. The van der Waals surface area contributed by atoms with Crippen LogP contribution >= 0.6 is 0 Å². The van der Waals surface area contributed by atoms with Crippen LogP contribution in [0.2, 0.25) is 0 Å². The summed E-state index contributed by atoms with van der Waals surface area (Å²) in [6.07, 6.45) is 2.88. The molecule has 3 rings (SSSR count). The molecule has 0 radical (unpaired) electrons. The van der Waals surface area contributed by atoms with Crippen molar-refractivity contribution in [1.29, 1.82) is 0 Å². The summed E-state index contributed by atoms with van der Waals surface area (Å²) >= 11 is 0. The number of benzene rings is 2. The first-order valence-corrected chi connectivity index (χ1v) is 8.59. The van der Waals surface area contributed by atoms with Crippen molar-refractivity contribution < 1.29 is 8.42 Å². The van der Waals surface area contributed by atoms with Crippen LogP contribution in [0, 0.1) is 0 Å². The molecule has 112 valence electrons. The molecule has 0 bridgehead atoms. The van der Waals surface area contributed by atoms with Gasteiger partial charge in [-0.3, -0.25) is 9.71 Å². The van der Waals surface area contributed by atoms with Crippen LogP contribution in [0.4, 0.5) is 17.1 Å². The summed E-state index contributed by atoms with van der Waals surface area (Å²) in [7, 11) is -3.26. The van der Waals surface area contributed by atoms with Crippen molar-refractivity contribution in [1.82, 2.24) is 4.98 Å². The highest BCUT2D eigenvalue weighted by atomic mass is 32.2. The first-order valence-electron chi connectivity index (χ1n) is 6.70. The van der Waals surface area contributed by atoms with Crippen LogP contribution in [0.15, 0.2) is 60.8 Å². The second kappa shape index (κ2) is 5.65. The second-order valence-electron chi connectivity index (χ2n) is 4.96. The van der Waals surface area contributed by atoms with Crippen molar-refractivity contribution in [3.05, 3.63) is 60.8 Å². The van der Waals surface area contributed by atoms with Crippen molar-refractivity contribution in [2.45, 2.75) is 0 Å². The van der Waals surface area contributed by atoms with E-state index in [9.17, 15) is 8.42 Å². The first-order chi connectivity index (χ1) is 10.5. The van der Waals surface area contributed by atoms with E-state index in [0.29, 0.717) is 5.69 Å². The number of hydrogen-bond acceptors (Lipinski definition) is 4. The summed E-state index contributed by atoms with van der Waals surface area (Å²) in [5.41, 5.74) is 3.19. The van der Waals surface area contributed by atoms with E-state index in [1.54, 1.807) is 18.3 Å². The molecule has 1 aromatic heterocycles. The summed E-state index contributed by atoms with van der Waals surface area (Å²) in [6, 6.07) is 16.9. The maximum absolute atomic E-state index is 11.2. The van der Waals surface area contributed by atoms with Gasteiger partial charge in [-0.2, -0.15) is 0 Å². The number of rotatable bonds is 4. The fourth-order valence-corrected chi connectivity index (χ4v) is 2.76. The molecule has 1 heterocycles. The molecule has 0 saturated heterocycles. The van der Waals surface area contributed by atoms with E-state index in [1.165, 1.54) is 0 Å². The normalized spacial score (nSPS) is 11.3. The minimum Gasteiger partial charge on any atom is -0.354 e. The lowest BCUT2D eigenvalue weighted by Crippen LogP contribution is -2.09. The molecule has 2 aromatic carbocycles. The molecule has 2 N–H and O–H groups in total. The molecule has 3 aromatic rings. The lowest BCUT2D eigenvalue weighted by molar-refractivity contribution is 0.607. The number of para-hydroxylation sites is 1. The molecule has 0 aliphatic rings. The zero-order chi connectivity index (χ0) is 15.6. The maximum Gasteiger partial charge on any atom is 0.229 e. The number of sulfonamides is 1. The Hall–Kier alpha value is -2.60. The smallest absolute Gasteiger partial charge is 0.229 e. The van der Waals surface area contributed by atoms with E-state index in [0.717, 1.165) is 28.5 Å². The van der Waals surface area contributed by atoms with Crippen LogP contribution in [-0.4, -0.2) is 19.7 Å². The highest BCUT2D eigenvalue weighted by Gasteiger charge is 2.04. The lowest BCUT2D eigenvalue weighted by atomic mass is 10.2. The molecule has 0 atom stereocenters. The van der Waals surface area contributed by atoms with Crippen molar-refractivity contribution in [3.8, 4) is 0 Å². The van der Waals surface area contributed by atoms with Crippen LogP contribution < -0.4 is 10.0 Å². The van der Waals surface area contributed by atoms with Gasteiger partial charge < -0.3 is 5.32 Å². The highest BCUT2D eigenvalue weighted by Crippen LogP contribution is 2.25. The molecule has 6 heteroatoms. The van der Waals surface area contributed by atoms with Crippen LogP contribution in [-0.2, 0) is 10.0 Å². The van der Waals surface area contributed by atoms with Crippen molar-refractivity contribution in [3.63, 3.8) is 0 Å². The summed E-state index contributed by atoms with van der Waals surface area (Å²) in [5.74, 6) is 0. The fraction of sp³-hybridized carbons (Fsp3) is 0.0625. The largest absolute Gasteiger partial charge is 0.354 e. The van der Waals surface area contributed by atoms with Gasteiger partial charge in [-0.05, 0) is 36.4 Å². The summed E-state index contributed by atoms with van der Waals surface area (Å²) in [6.45, 7) is 0. The van der Waals surface area contributed by atoms with E-state index >= 15 is 0 Å². The molecule has 22 heavy (non-hydrogen) atoms. The van der Waals surface area contributed by atoms with Gasteiger partial charge in [0.25, 0.3) is 0 Å². The third-order valence-electron chi connectivity index (χ3n) is 3.10. The monoisotopic (exact) mass is 313 g/mol. The molecule has 0 aliphatic heterocycles. The van der Waals surface area contributed by atoms with Crippen LogP contribution in [0.25, 0.3) is 10.9 Å². The Morgan fingerprint density at radius 2 is 1.59 bits per heavy atom. The number of pyridine rings is 1. The molecule has 0 unspecified atom stereocenters. The van der Waals surface area contributed by atoms with Crippen LogP contribution in [0.5, 0.6) is 0 Å². The van der Waals surface area contributed by atoms with Gasteiger partial charge in [0.2, 0.25) is 10.0 Å². The zero-order valence-electron chi connectivity index (χ0n) is 11.9. The average Bonchev–Trinajstić information content (AvgIpc) is 2.48. The van der Waals surface area contributed by atoms with Crippen molar-refractivity contribution >= 4 is 38.0 Å². The minimum atomic E-state index is -3.26. The van der Waals surface area contributed by atoms with E-state index < -0.39 is 10.0 Å². The minimum absolute atomic E-state index is 0.532. The number of aromatic nitrogens is 1. The van der Waals surface area contributed by atoms with Gasteiger partial charge in [0.15, 0.2) is 0 Å². The van der Waals surface area contributed by atoms with Gasteiger partial charge in [0.1, 0.15) is 0 Å². The van der Waals surface area contributed by atoms with Crippen LogP contribution in [0.3, 0.4) is 0 Å². The highest BCUT2D eigenvalue weighted by molar-refractivity contribution is 7.92. The Morgan fingerprint density at radius 1 is 0.909 bits per heavy atom. The molecule has 5 nitrogen and oxygen atoms in total. The van der Waals surface area contributed by atoms with Gasteiger partial charge in [-0.1, -0.05) is 18.2 Å². The zero-order valence-corrected chi connectivity index (χ0v) is 12.8.